The highest BCUT2D eigenvalue weighted by Gasteiger charge is 2.31. The quantitative estimate of drug-likeness (QED) is 0.127. The van der Waals surface area contributed by atoms with Crippen LogP contribution in [0.5, 0.6) is 17.2 Å². The van der Waals surface area contributed by atoms with Crippen LogP contribution in [-0.2, 0) is 22.6 Å². The van der Waals surface area contributed by atoms with E-state index in [1.165, 1.54) is 29.2 Å². The molecule has 4 aromatic rings. The summed E-state index contributed by atoms with van der Waals surface area (Å²) >= 11 is 13.4. The number of halogens is 2. The molecule has 0 N–H and O–H groups in total. The summed E-state index contributed by atoms with van der Waals surface area (Å²) in [6, 6.07) is 15.7. The first-order valence-electron chi connectivity index (χ1n) is 14.6. The average Bonchev–Trinajstić information content (AvgIpc) is 3.37. The molecular weight excluding hydrogens is 647 g/mol. The second kappa shape index (κ2) is 14.9. The third-order valence-electron chi connectivity index (χ3n) is 7.13. The Hall–Kier alpha value is -4.31. The molecule has 5 rings (SSSR count). The molecule has 46 heavy (non-hydrogen) atoms. The highest BCUT2D eigenvalue weighted by atomic mass is 35.5. The van der Waals surface area contributed by atoms with Gasteiger partial charge in [0.25, 0.3) is 5.56 Å². The van der Waals surface area contributed by atoms with Crippen LogP contribution in [-0.4, -0.2) is 30.9 Å². The first-order valence-corrected chi connectivity index (χ1v) is 16.1. The van der Waals surface area contributed by atoms with E-state index in [0.29, 0.717) is 68.4 Å². The minimum absolute atomic E-state index is 0.227. The van der Waals surface area contributed by atoms with Gasteiger partial charge in [-0.25, -0.2) is 9.79 Å². The predicted octanol–water partition coefficient (Wildman–Crippen LogP) is 6.43. The Kier molecular flexibility index (Phi) is 10.7. The van der Waals surface area contributed by atoms with Gasteiger partial charge in [0.05, 0.1) is 46.5 Å². The van der Waals surface area contributed by atoms with Crippen molar-refractivity contribution < 1.29 is 23.7 Å². The molecule has 3 aromatic carbocycles. The van der Waals surface area contributed by atoms with Gasteiger partial charge in [-0.2, -0.15) is 0 Å². The molecule has 11 heteroatoms. The summed E-state index contributed by atoms with van der Waals surface area (Å²) in [5, 5.41) is 0.944. The molecule has 0 saturated heterocycles. The molecule has 0 radical (unpaired) electrons. The van der Waals surface area contributed by atoms with Crippen LogP contribution in [0.15, 0.2) is 88.8 Å². The topological polar surface area (TPSA) is 88.4 Å². The van der Waals surface area contributed by atoms with Crippen LogP contribution in [0, 0.1) is 0 Å². The van der Waals surface area contributed by atoms with Gasteiger partial charge in [-0.1, -0.05) is 58.8 Å². The maximum Gasteiger partial charge on any atom is 0.337 e. The van der Waals surface area contributed by atoms with Gasteiger partial charge >= 0.3 is 5.97 Å². The largest absolute Gasteiger partial charge is 0.490 e. The number of nitrogens with zero attached hydrogens (tertiary/aromatic N) is 2. The van der Waals surface area contributed by atoms with Crippen LogP contribution in [0.4, 0.5) is 0 Å². The summed E-state index contributed by atoms with van der Waals surface area (Å²) in [6.07, 6.45) is 5.62. The van der Waals surface area contributed by atoms with Crippen molar-refractivity contribution in [2.24, 2.45) is 4.99 Å². The van der Waals surface area contributed by atoms with Crippen molar-refractivity contribution >= 4 is 46.6 Å². The van der Waals surface area contributed by atoms with Gasteiger partial charge in [-0.3, -0.25) is 9.36 Å². The number of esters is 1. The minimum atomic E-state index is -0.783. The highest BCUT2D eigenvalue weighted by molar-refractivity contribution is 7.07. The van der Waals surface area contributed by atoms with Gasteiger partial charge < -0.3 is 18.9 Å². The van der Waals surface area contributed by atoms with Gasteiger partial charge in [0.15, 0.2) is 16.3 Å². The second-order valence-corrected chi connectivity index (χ2v) is 12.0. The van der Waals surface area contributed by atoms with E-state index < -0.39 is 12.0 Å². The van der Waals surface area contributed by atoms with E-state index in [9.17, 15) is 9.59 Å². The molecule has 0 amide bonds. The molecular formula is C35H32Cl2N2O6S. The molecule has 0 spiro atoms. The van der Waals surface area contributed by atoms with Crippen molar-refractivity contribution in [2.75, 3.05) is 20.3 Å². The van der Waals surface area contributed by atoms with Crippen molar-refractivity contribution in [3.8, 4) is 17.2 Å². The summed E-state index contributed by atoms with van der Waals surface area (Å²) in [5.41, 5.74) is 3.17. The molecule has 1 aliphatic rings. The SMILES string of the molecule is C=CCc1cc(/C=c2\sc3n(c2=O)[C@H](c2ccc(OCC)c(OCC)c2)C(C(=O)OC)=CN=3)ccc1OCc1ccc(Cl)c(Cl)c1. The van der Waals surface area contributed by atoms with Crippen molar-refractivity contribution in [2.45, 2.75) is 32.9 Å². The standard InChI is InChI=1S/C35H32Cl2N2O6S/c1-5-8-23-15-21(10-13-28(23)45-20-22-9-12-26(36)27(37)16-22)17-31-33(40)39-32(25(34(41)42-4)19-38-35(39)46-31)24-11-14-29(43-6-2)30(18-24)44-7-3/h5,9-19,32H,1,6-8,20H2,2-4H3/b31-17-/t32-/m1/s1. The van der Waals surface area contributed by atoms with Crippen LogP contribution in [0.25, 0.3) is 6.08 Å². The Morgan fingerprint density at radius 2 is 1.74 bits per heavy atom. The van der Waals surface area contributed by atoms with Crippen LogP contribution in [0.1, 0.15) is 42.1 Å². The maximum atomic E-state index is 14.0. The second-order valence-electron chi connectivity index (χ2n) is 10.1. The summed E-state index contributed by atoms with van der Waals surface area (Å²) < 4.78 is 24.7. The summed E-state index contributed by atoms with van der Waals surface area (Å²) in [4.78, 5) is 31.8. The van der Waals surface area contributed by atoms with Crippen LogP contribution >= 0.6 is 34.5 Å². The lowest BCUT2D eigenvalue weighted by molar-refractivity contribution is -0.136. The molecule has 1 aliphatic heterocycles. The van der Waals surface area contributed by atoms with Gasteiger partial charge in [0, 0.05) is 6.20 Å². The van der Waals surface area contributed by atoms with Gasteiger partial charge in [0.2, 0.25) is 0 Å². The fourth-order valence-electron chi connectivity index (χ4n) is 5.07. The van der Waals surface area contributed by atoms with E-state index in [2.05, 4.69) is 11.6 Å². The monoisotopic (exact) mass is 678 g/mol. The number of ether oxygens (including phenoxy) is 4. The number of hydrogen-bond donors (Lipinski definition) is 0. The maximum absolute atomic E-state index is 14.0. The summed E-state index contributed by atoms with van der Waals surface area (Å²) in [5.74, 6) is 1.19. The smallest absolute Gasteiger partial charge is 0.337 e. The van der Waals surface area contributed by atoms with Crippen LogP contribution in [0.2, 0.25) is 10.0 Å². The predicted molar refractivity (Wildman–Crippen MR) is 181 cm³/mol. The first-order chi connectivity index (χ1) is 22.3. The molecule has 0 unspecified atom stereocenters. The van der Waals surface area contributed by atoms with Crippen molar-refractivity contribution in [1.29, 1.82) is 0 Å². The number of carbonyl (C=O) groups excluding carboxylic acids is 1. The molecule has 0 saturated carbocycles. The third kappa shape index (κ3) is 7.07. The Morgan fingerprint density at radius 1 is 0.978 bits per heavy atom. The van der Waals surface area contributed by atoms with Crippen molar-refractivity contribution in [3.05, 3.63) is 131 Å². The number of rotatable bonds is 12. The van der Waals surface area contributed by atoms with Crippen LogP contribution < -0.4 is 29.1 Å². The van der Waals surface area contributed by atoms with Gasteiger partial charge in [-0.15, -0.1) is 6.58 Å². The Labute approximate surface area is 280 Å². The van der Waals surface area contributed by atoms with E-state index in [-0.39, 0.29) is 11.1 Å². The highest BCUT2D eigenvalue weighted by Crippen LogP contribution is 2.35. The number of fused-ring (bicyclic) bond motifs is 1. The molecule has 1 atom stereocenters. The Morgan fingerprint density at radius 3 is 2.46 bits per heavy atom. The lowest BCUT2D eigenvalue weighted by Crippen LogP contribution is -2.39. The number of hydrogen-bond acceptors (Lipinski definition) is 8. The van der Waals surface area contributed by atoms with E-state index >= 15 is 0 Å². The molecule has 0 bridgehead atoms. The van der Waals surface area contributed by atoms with Gasteiger partial charge in [-0.05, 0) is 85.0 Å². The molecule has 8 nitrogen and oxygen atoms in total. The number of allylic oxidation sites excluding steroid dienone is 1. The normalized spacial score (nSPS) is 14.2. The van der Waals surface area contributed by atoms with E-state index in [1.54, 1.807) is 30.3 Å². The lowest BCUT2D eigenvalue weighted by Gasteiger charge is -2.23. The zero-order valence-corrected chi connectivity index (χ0v) is 27.9. The number of carbonyl (C=O) groups is 1. The van der Waals surface area contributed by atoms with E-state index in [4.69, 9.17) is 42.1 Å². The van der Waals surface area contributed by atoms with Crippen molar-refractivity contribution in [1.82, 2.24) is 4.57 Å². The Balaban J connectivity index is 1.54. The molecule has 1 aromatic heterocycles. The Bertz CT molecular complexity index is 2000. The molecule has 0 aliphatic carbocycles. The lowest BCUT2D eigenvalue weighted by atomic mass is 9.97. The molecule has 2 heterocycles. The fraction of sp³-hybridized carbons (Fsp3) is 0.229. The zero-order valence-electron chi connectivity index (χ0n) is 25.5. The first kappa shape index (κ1) is 33.1. The molecule has 238 valence electrons. The number of benzene rings is 3. The van der Waals surface area contributed by atoms with Crippen LogP contribution in [0.3, 0.4) is 0 Å². The minimum Gasteiger partial charge on any atom is -0.490 e. The van der Waals surface area contributed by atoms with E-state index in [0.717, 1.165) is 16.7 Å². The van der Waals surface area contributed by atoms with E-state index in [1.807, 2.05) is 50.3 Å². The average molecular weight is 680 g/mol. The number of aromatic nitrogens is 1. The summed E-state index contributed by atoms with van der Waals surface area (Å²) in [7, 11) is 1.30. The molecule has 0 fully saturated rings. The fourth-order valence-corrected chi connectivity index (χ4v) is 6.36. The number of methoxy groups -OCH3 is 1. The number of thiazole rings is 1. The van der Waals surface area contributed by atoms with Gasteiger partial charge in [0.1, 0.15) is 12.4 Å². The third-order valence-corrected chi connectivity index (χ3v) is 8.87. The zero-order chi connectivity index (χ0) is 32.8. The summed E-state index contributed by atoms with van der Waals surface area (Å²) in [6.45, 7) is 8.83. The van der Waals surface area contributed by atoms with Crippen molar-refractivity contribution in [3.63, 3.8) is 0 Å².